The van der Waals surface area contributed by atoms with Crippen LogP contribution in [0.15, 0.2) is 30.3 Å². The van der Waals surface area contributed by atoms with E-state index in [1.54, 1.807) is 5.56 Å². The molecule has 1 aliphatic carbocycles. The first-order chi connectivity index (χ1) is 10.4. The van der Waals surface area contributed by atoms with Crippen LogP contribution in [0.5, 0.6) is 0 Å². The summed E-state index contributed by atoms with van der Waals surface area (Å²) in [6, 6.07) is 13.6. The van der Waals surface area contributed by atoms with E-state index in [0.29, 0.717) is 0 Å². The van der Waals surface area contributed by atoms with Crippen LogP contribution >= 0.6 is 0 Å². The number of hydrogen-bond acceptors (Lipinski definition) is 2. The summed E-state index contributed by atoms with van der Waals surface area (Å²) in [5.41, 5.74) is 1.56. The van der Waals surface area contributed by atoms with E-state index in [4.69, 9.17) is 0 Å². The summed E-state index contributed by atoms with van der Waals surface area (Å²) in [5, 5.41) is 0. The van der Waals surface area contributed by atoms with Crippen molar-refractivity contribution >= 4 is 0 Å². The quantitative estimate of drug-likeness (QED) is 0.838. The van der Waals surface area contributed by atoms with Crippen LogP contribution in [0.3, 0.4) is 0 Å². The van der Waals surface area contributed by atoms with Gasteiger partial charge in [0.25, 0.3) is 0 Å². The first kappa shape index (κ1) is 13.8. The van der Waals surface area contributed by atoms with Crippen LogP contribution in [0.2, 0.25) is 0 Å². The molecule has 0 aromatic heterocycles. The lowest BCUT2D eigenvalue weighted by atomic mass is 9.95. The Balaban J connectivity index is 1.47. The molecule has 3 aliphatic rings. The average molecular weight is 284 g/mol. The monoisotopic (exact) mass is 284 g/mol. The van der Waals surface area contributed by atoms with Gasteiger partial charge in [0, 0.05) is 37.1 Å². The summed E-state index contributed by atoms with van der Waals surface area (Å²) in [7, 11) is 0. The highest BCUT2D eigenvalue weighted by molar-refractivity contribution is 5.28. The first-order valence-electron chi connectivity index (χ1n) is 8.91. The van der Waals surface area contributed by atoms with E-state index in [2.05, 4.69) is 47.1 Å². The summed E-state index contributed by atoms with van der Waals surface area (Å²) in [4.78, 5) is 5.66. The zero-order valence-corrected chi connectivity index (χ0v) is 13.2. The normalized spacial score (nSPS) is 37.2. The van der Waals surface area contributed by atoms with Crippen LogP contribution in [0.25, 0.3) is 0 Å². The molecule has 1 aromatic rings. The molecule has 2 saturated heterocycles. The number of fused-ring (bicyclic) bond motifs is 1. The van der Waals surface area contributed by atoms with Crippen LogP contribution in [0.1, 0.15) is 50.5 Å². The molecule has 0 radical (unpaired) electrons. The molecule has 1 saturated carbocycles. The smallest absolute Gasteiger partial charge is 0.0224 e. The molecule has 1 aromatic carbocycles. The molecule has 114 valence electrons. The molecule has 0 N–H and O–H groups in total. The molecule has 2 heterocycles. The van der Waals surface area contributed by atoms with Gasteiger partial charge in [-0.2, -0.15) is 0 Å². The molecule has 4 unspecified atom stereocenters. The van der Waals surface area contributed by atoms with Gasteiger partial charge in [-0.05, 0) is 37.8 Å². The van der Waals surface area contributed by atoms with E-state index >= 15 is 0 Å². The fraction of sp³-hybridized carbons (Fsp3) is 0.684. The second kappa shape index (κ2) is 5.73. The molecule has 0 amide bonds. The van der Waals surface area contributed by atoms with E-state index in [9.17, 15) is 0 Å². The summed E-state index contributed by atoms with van der Waals surface area (Å²) in [6.45, 7) is 6.37. The maximum absolute atomic E-state index is 2.88. The number of benzene rings is 1. The van der Waals surface area contributed by atoms with Crippen molar-refractivity contribution in [1.29, 1.82) is 0 Å². The summed E-state index contributed by atoms with van der Waals surface area (Å²) in [5.74, 6) is 0.801. The minimum atomic E-state index is 0.790. The average Bonchev–Trinajstić information content (AvgIpc) is 3.35. The maximum atomic E-state index is 2.88. The van der Waals surface area contributed by atoms with Gasteiger partial charge in [-0.3, -0.25) is 9.80 Å². The van der Waals surface area contributed by atoms with E-state index in [1.165, 1.54) is 51.7 Å². The summed E-state index contributed by atoms with van der Waals surface area (Å²) >= 11 is 0. The Morgan fingerprint density at radius 3 is 2.76 bits per heavy atom. The van der Waals surface area contributed by atoms with Crippen molar-refractivity contribution in [2.24, 2.45) is 0 Å². The number of piperidine rings is 1. The fourth-order valence-corrected chi connectivity index (χ4v) is 4.65. The van der Waals surface area contributed by atoms with Crippen LogP contribution < -0.4 is 0 Å². The first-order valence-corrected chi connectivity index (χ1v) is 8.91. The lowest BCUT2D eigenvalue weighted by Gasteiger charge is -2.48. The van der Waals surface area contributed by atoms with Crippen LogP contribution in [-0.2, 0) is 0 Å². The summed E-state index contributed by atoms with van der Waals surface area (Å²) < 4.78 is 0. The maximum Gasteiger partial charge on any atom is 0.0224 e. The molecular weight excluding hydrogens is 256 g/mol. The molecule has 2 heteroatoms. The third-order valence-electron chi connectivity index (χ3n) is 5.97. The largest absolute Gasteiger partial charge is 0.298 e. The number of piperazine rings is 1. The van der Waals surface area contributed by atoms with Crippen molar-refractivity contribution in [2.45, 2.75) is 63.1 Å². The van der Waals surface area contributed by atoms with Gasteiger partial charge in [-0.15, -0.1) is 0 Å². The standard InChI is InChI=1S/C19H28N2/c1-2-16-13-20-11-7-6-10-17(20)14-21(16)19-12-18(19)15-8-4-3-5-9-15/h3-5,8-9,16-19H,2,6-7,10-14H2,1H3. The van der Waals surface area contributed by atoms with E-state index in [0.717, 1.165) is 24.0 Å². The molecule has 3 fully saturated rings. The fourth-order valence-electron chi connectivity index (χ4n) is 4.65. The van der Waals surface area contributed by atoms with Gasteiger partial charge in [0.2, 0.25) is 0 Å². The van der Waals surface area contributed by atoms with Gasteiger partial charge in [0.1, 0.15) is 0 Å². The van der Waals surface area contributed by atoms with Gasteiger partial charge < -0.3 is 0 Å². The van der Waals surface area contributed by atoms with Crippen molar-refractivity contribution < 1.29 is 0 Å². The Morgan fingerprint density at radius 2 is 1.95 bits per heavy atom. The molecule has 21 heavy (non-hydrogen) atoms. The Morgan fingerprint density at radius 1 is 1.10 bits per heavy atom. The minimum absolute atomic E-state index is 0.790. The predicted octanol–water partition coefficient (Wildman–Crippen LogP) is 3.49. The molecule has 2 aliphatic heterocycles. The van der Waals surface area contributed by atoms with Gasteiger partial charge >= 0.3 is 0 Å². The zero-order chi connectivity index (χ0) is 14.2. The van der Waals surface area contributed by atoms with Crippen LogP contribution in [0, 0.1) is 0 Å². The molecule has 4 rings (SSSR count). The van der Waals surface area contributed by atoms with Gasteiger partial charge in [0.15, 0.2) is 0 Å². The van der Waals surface area contributed by atoms with Gasteiger partial charge in [0.05, 0.1) is 0 Å². The van der Waals surface area contributed by atoms with Crippen LogP contribution in [0.4, 0.5) is 0 Å². The molecule has 0 bridgehead atoms. The Hall–Kier alpha value is -0.860. The topological polar surface area (TPSA) is 6.48 Å². The number of rotatable bonds is 3. The molecule has 0 spiro atoms. The van der Waals surface area contributed by atoms with Gasteiger partial charge in [-0.1, -0.05) is 43.7 Å². The predicted molar refractivity (Wildman–Crippen MR) is 87.6 cm³/mol. The molecule has 2 nitrogen and oxygen atoms in total. The lowest BCUT2D eigenvalue weighted by Crippen LogP contribution is -2.60. The second-order valence-electron chi connectivity index (χ2n) is 7.22. The third-order valence-corrected chi connectivity index (χ3v) is 5.97. The van der Waals surface area contributed by atoms with E-state index in [-0.39, 0.29) is 0 Å². The third kappa shape index (κ3) is 2.64. The van der Waals surface area contributed by atoms with E-state index in [1.807, 2.05) is 0 Å². The van der Waals surface area contributed by atoms with Gasteiger partial charge in [-0.25, -0.2) is 0 Å². The molecule has 4 atom stereocenters. The SMILES string of the molecule is CCC1CN2CCCCC2CN1C1CC1c1ccccc1. The van der Waals surface area contributed by atoms with Crippen LogP contribution in [-0.4, -0.2) is 47.6 Å². The minimum Gasteiger partial charge on any atom is -0.298 e. The Kier molecular flexibility index (Phi) is 3.76. The van der Waals surface area contributed by atoms with Crippen molar-refractivity contribution in [1.82, 2.24) is 9.80 Å². The lowest BCUT2D eigenvalue weighted by molar-refractivity contribution is 0.00215. The number of nitrogens with zero attached hydrogens (tertiary/aromatic N) is 2. The Bertz CT molecular complexity index is 472. The number of hydrogen-bond donors (Lipinski definition) is 0. The Labute approximate surface area is 129 Å². The molecular formula is C19H28N2. The highest BCUT2D eigenvalue weighted by Crippen LogP contribution is 2.46. The van der Waals surface area contributed by atoms with Crippen molar-refractivity contribution in [3.8, 4) is 0 Å². The summed E-state index contributed by atoms with van der Waals surface area (Å²) in [6.07, 6.45) is 6.98. The highest BCUT2D eigenvalue weighted by atomic mass is 15.3. The zero-order valence-electron chi connectivity index (χ0n) is 13.2. The second-order valence-corrected chi connectivity index (χ2v) is 7.22. The van der Waals surface area contributed by atoms with E-state index < -0.39 is 0 Å². The van der Waals surface area contributed by atoms with Crippen molar-refractivity contribution in [3.63, 3.8) is 0 Å². The van der Waals surface area contributed by atoms with Crippen molar-refractivity contribution in [3.05, 3.63) is 35.9 Å². The van der Waals surface area contributed by atoms with Crippen molar-refractivity contribution in [2.75, 3.05) is 19.6 Å². The highest BCUT2D eigenvalue weighted by Gasteiger charge is 2.47.